The molecule has 1 aliphatic heterocycles. The van der Waals surface area contributed by atoms with E-state index >= 15 is 0 Å². The van der Waals surface area contributed by atoms with Crippen molar-refractivity contribution in [1.82, 2.24) is 20.2 Å². The number of rotatable bonds is 11. The van der Waals surface area contributed by atoms with Crippen molar-refractivity contribution >= 4 is 23.6 Å². The molecular formula is C26H36N6O2. The Morgan fingerprint density at radius 1 is 1.18 bits per heavy atom. The lowest BCUT2D eigenvalue weighted by Crippen LogP contribution is -2.31. The van der Waals surface area contributed by atoms with Gasteiger partial charge in [0, 0.05) is 44.8 Å². The Hall–Kier alpha value is -3.16. The van der Waals surface area contributed by atoms with Crippen molar-refractivity contribution in [2.75, 3.05) is 36.8 Å². The van der Waals surface area contributed by atoms with E-state index in [0.717, 1.165) is 32.2 Å². The zero-order valence-corrected chi connectivity index (χ0v) is 20.1. The molecule has 8 nitrogen and oxygen atoms in total. The number of aromatic nitrogens is 2. The Labute approximate surface area is 201 Å². The number of hydrogen-bond acceptors (Lipinski definition) is 6. The van der Waals surface area contributed by atoms with Gasteiger partial charge in [0.05, 0.1) is 0 Å². The van der Waals surface area contributed by atoms with Gasteiger partial charge in [0.15, 0.2) is 0 Å². The molecule has 1 aromatic heterocycles. The van der Waals surface area contributed by atoms with Crippen molar-refractivity contribution in [3.8, 4) is 0 Å². The van der Waals surface area contributed by atoms with Crippen molar-refractivity contribution in [1.29, 1.82) is 0 Å². The molecule has 2 fully saturated rings. The van der Waals surface area contributed by atoms with Crippen molar-refractivity contribution < 1.29 is 9.59 Å². The number of anilines is 2. The highest BCUT2D eigenvalue weighted by molar-refractivity contribution is 5.98. The highest BCUT2D eigenvalue weighted by Crippen LogP contribution is 2.24. The van der Waals surface area contributed by atoms with E-state index in [4.69, 9.17) is 0 Å². The summed E-state index contributed by atoms with van der Waals surface area (Å²) in [7, 11) is 0. The van der Waals surface area contributed by atoms with E-state index in [2.05, 4.69) is 45.0 Å². The Morgan fingerprint density at radius 2 is 1.97 bits per heavy atom. The number of nitrogens with one attached hydrogen (secondary N) is 3. The molecule has 2 aliphatic rings. The number of amides is 2. The summed E-state index contributed by atoms with van der Waals surface area (Å²) in [5.74, 6) is 1.45. The molecule has 2 amide bonds. The van der Waals surface area contributed by atoms with Crippen LogP contribution in [0.2, 0.25) is 0 Å². The van der Waals surface area contributed by atoms with Gasteiger partial charge < -0.3 is 20.9 Å². The van der Waals surface area contributed by atoms with Gasteiger partial charge in [-0.25, -0.2) is 4.98 Å². The van der Waals surface area contributed by atoms with Crippen molar-refractivity contribution in [3.05, 3.63) is 47.7 Å². The first-order valence-electron chi connectivity index (χ1n) is 12.6. The van der Waals surface area contributed by atoms with E-state index in [1.165, 1.54) is 18.4 Å². The minimum absolute atomic E-state index is 0.183. The second-order valence-corrected chi connectivity index (χ2v) is 9.37. The maximum absolute atomic E-state index is 12.9. The number of carbonyl (C=O) groups is 2. The van der Waals surface area contributed by atoms with Gasteiger partial charge in [-0.2, -0.15) is 4.98 Å². The SMILES string of the molecule is C[C@H](CNc1ncc(C(=O)NCCCN2CCCC2=O)c(NC2CCCC2)n1)c1ccccc1. The highest BCUT2D eigenvalue weighted by Gasteiger charge is 2.22. The van der Waals surface area contributed by atoms with Crippen LogP contribution < -0.4 is 16.0 Å². The molecule has 0 unspecified atom stereocenters. The number of hydrogen-bond donors (Lipinski definition) is 3. The fraction of sp³-hybridized carbons (Fsp3) is 0.538. The van der Waals surface area contributed by atoms with Gasteiger partial charge in [-0.1, -0.05) is 50.1 Å². The quantitative estimate of drug-likeness (QED) is 0.438. The predicted octanol–water partition coefficient (Wildman–Crippen LogP) is 3.79. The molecule has 8 heteroatoms. The number of nitrogens with zero attached hydrogens (tertiary/aromatic N) is 3. The molecule has 1 atom stereocenters. The smallest absolute Gasteiger partial charge is 0.256 e. The molecule has 4 rings (SSSR count). The number of carbonyl (C=O) groups excluding carboxylic acids is 2. The molecule has 2 heterocycles. The van der Waals surface area contributed by atoms with Crippen molar-refractivity contribution in [2.45, 2.75) is 63.8 Å². The maximum atomic E-state index is 12.9. The summed E-state index contributed by atoms with van der Waals surface area (Å²) in [6, 6.07) is 10.7. The van der Waals surface area contributed by atoms with Gasteiger partial charge in [-0.3, -0.25) is 9.59 Å². The second kappa shape index (κ2) is 11.8. The third kappa shape index (κ3) is 6.46. The summed E-state index contributed by atoms with van der Waals surface area (Å²) in [5.41, 5.74) is 1.72. The summed E-state index contributed by atoms with van der Waals surface area (Å²) in [5, 5.41) is 9.79. The average molecular weight is 465 g/mol. The molecule has 0 bridgehead atoms. The Balaban J connectivity index is 1.36. The lowest BCUT2D eigenvalue weighted by Gasteiger charge is -2.18. The first kappa shape index (κ1) is 24.0. The highest BCUT2D eigenvalue weighted by atomic mass is 16.2. The Morgan fingerprint density at radius 3 is 2.71 bits per heavy atom. The number of benzene rings is 1. The van der Waals surface area contributed by atoms with Crippen LogP contribution in [0.1, 0.15) is 73.7 Å². The van der Waals surface area contributed by atoms with E-state index in [0.29, 0.717) is 55.3 Å². The molecule has 1 aliphatic carbocycles. The molecule has 3 N–H and O–H groups in total. The molecule has 34 heavy (non-hydrogen) atoms. The molecule has 0 spiro atoms. The van der Waals surface area contributed by atoms with E-state index in [1.807, 2.05) is 23.1 Å². The van der Waals surface area contributed by atoms with Gasteiger partial charge >= 0.3 is 0 Å². The Kier molecular flexibility index (Phi) is 8.33. The van der Waals surface area contributed by atoms with Crippen LogP contribution in [0.25, 0.3) is 0 Å². The summed E-state index contributed by atoms with van der Waals surface area (Å²) < 4.78 is 0. The van der Waals surface area contributed by atoms with Gasteiger partial charge in [0.25, 0.3) is 5.91 Å². The first-order valence-corrected chi connectivity index (χ1v) is 12.6. The third-order valence-corrected chi connectivity index (χ3v) is 6.73. The topological polar surface area (TPSA) is 99.3 Å². The molecule has 1 saturated heterocycles. The van der Waals surface area contributed by atoms with Gasteiger partial charge in [-0.05, 0) is 37.2 Å². The monoisotopic (exact) mass is 464 g/mol. The van der Waals surface area contributed by atoms with Crippen LogP contribution in [-0.4, -0.2) is 58.9 Å². The van der Waals surface area contributed by atoms with Crippen molar-refractivity contribution in [3.63, 3.8) is 0 Å². The van der Waals surface area contributed by atoms with E-state index in [9.17, 15) is 9.59 Å². The summed E-state index contributed by atoms with van der Waals surface area (Å²) in [4.78, 5) is 35.7. The third-order valence-electron chi connectivity index (χ3n) is 6.73. The average Bonchev–Trinajstić information content (AvgIpc) is 3.52. The molecule has 2 aromatic rings. The summed E-state index contributed by atoms with van der Waals surface area (Å²) >= 11 is 0. The van der Waals surface area contributed by atoms with Crippen LogP contribution >= 0.6 is 0 Å². The van der Waals surface area contributed by atoms with Gasteiger partial charge in [0.2, 0.25) is 11.9 Å². The number of likely N-dealkylation sites (tertiary alicyclic amines) is 1. The van der Waals surface area contributed by atoms with E-state index in [-0.39, 0.29) is 11.8 Å². The molecule has 0 radical (unpaired) electrons. The minimum Gasteiger partial charge on any atom is -0.367 e. The summed E-state index contributed by atoms with van der Waals surface area (Å²) in [6.45, 7) is 4.89. The fourth-order valence-electron chi connectivity index (χ4n) is 4.66. The van der Waals surface area contributed by atoms with Crippen LogP contribution in [0.5, 0.6) is 0 Å². The maximum Gasteiger partial charge on any atom is 0.256 e. The lowest BCUT2D eigenvalue weighted by atomic mass is 10.0. The molecular weight excluding hydrogens is 428 g/mol. The van der Waals surface area contributed by atoms with Crippen LogP contribution in [0, 0.1) is 0 Å². The zero-order chi connectivity index (χ0) is 23.8. The molecule has 182 valence electrons. The van der Waals surface area contributed by atoms with Gasteiger partial charge in [0.1, 0.15) is 11.4 Å². The standard InChI is InChI=1S/C26H36N6O2/c1-19(20-9-3-2-4-10-20)17-28-26-29-18-22(24(31-26)30-21-11-5-6-12-21)25(34)27-14-8-16-32-15-7-13-23(32)33/h2-4,9-10,18-19,21H,5-8,11-17H2,1H3,(H,27,34)(H2,28,29,30,31)/t19-/m1/s1. The van der Waals surface area contributed by atoms with Gasteiger partial charge in [-0.15, -0.1) is 0 Å². The van der Waals surface area contributed by atoms with E-state index in [1.54, 1.807) is 6.20 Å². The van der Waals surface area contributed by atoms with Crippen molar-refractivity contribution in [2.24, 2.45) is 0 Å². The van der Waals surface area contributed by atoms with Crippen LogP contribution in [0.3, 0.4) is 0 Å². The second-order valence-electron chi connectivity index (χ2n) is 9.37. The Bertz CT molecular complexity index is 961. The largest absolute Gasteiger partial charge is 0.367 e. The first-order chi connectivity index (χ1) is 16.6. The minimum atomic E-state index is -0.183. The predicted molar refractivity (Wildman–Crippen MR) is 134 cm³/mol. The fourth-order valence-corrected chi connectivity index (χ4v) is 4.66. The lowest BCUT2D eigenvalue weighted by molar-refractivity contribution is -0.127. The van der Waals surface area contributed by atoms with E-state index < -0.39 is 0 Å². The molecule has 1 saturated carbocycles. The normalized spacial score (nSPS) is 17.1. The van der Waals surface area contributed by atoms with Crippen LogP contribution in [-0.2, 0) is 4.79 Å². The summed E-state index contributed by atoms with van der Waals surface area (Å²) in [6.07, 6.45) is 8.48. The van der Waals surface area contributed by atoms with Crippen LogP contribution in [0.15, 0.2) is 36.5 Å². The van der Waals surface area contributed by atoms with Crippen LogP contribution in [0.4, 0.5) is 11.8 Å². The molecule has 1 aromatic carbocycles. The zero-order valence-electron chi connectivity index (χ0n) is 20.1.